The van der Waals surface area contributed by atoms with Gasteiger partial charge in [-0.2, -0.15) is 0 Å². The lowest BCUT2D eigenvalue weighted by molar-refractivity contribution is 0.0723. The first-order chi connectivity index (χ1) is 12.4. The van der Waals surface area contributed by atoms with Gasteiger partial charge in [0, 0.05) is 29.4 Å². The lowest BCUT2D eigenvalue weighted by atomic mass is 10.1. The van der Waals surface area contributed by atoms with Gasteiger partial charge in [0.05, 0.1) is 4.90 Å². The minimum Gasteiger partial charge on any atom is -0.339 e. The zero-order valence-corrected chi connectivity index (χ0v) is 16.1. The lowest BCUT2D eigenvalue weighted by Crippen LogP contribution is -2.36. The number of anilines is 1. The molecule has 1 saturated heterocycles. The first kappa shape index (κ1) is 18.7. The summed E-state index contributed by atoms with van der Waals surface area (Å²) in [5.41, 5.74) is 1.62. The molecule has 1 amide bonds. The Labute approximate surface area is 159 Å². The number of aryl methyl sites for hydroxylation is 1. The fraction of sp³-hybridized carbons (Fsp3) is 0.316. The fourth-order valence-electron chi connectivity index (χ4n) is 3.00. The summed E-state index contributed by atoms with van der Waals surface area (Å²) < 4.78 is 27.9. The van der Waals surface area contributed by atoms with Crippen molar-refractivity contribution in [3.05, 3.63) is 58.6 Å². The summed E-state index contributed by atoms with van der Waals surface area (Å²) in [6.45, 7) is 3.26. The van der Waals surface area contributed by atoms with E-state index < -0.39 is 10.0 Å². The highest BCUT2D eigenvalue weighted by atomic mass is 35.5. The van der Waals surface area contributed by atoms with Gasteiger partial charge in [-0.15, -0.1) is 0 Å². The molecule has 0 saturated carbocycles. The second-order valence-electron chi connectivity index (χ2n) is 6.44. The molecular formula is C19H21ClN2O3S. The van der Waals surface area contributed by atoms with Crippen LogP contribution in [0.4, 0.5) is 5.69 Å². The number of nitrogens with one attached hydrogen (secondary N) is 1. The summed E-state index contributed by atoms with van der Waals surface area (Å²) in [5.74, 6) is -0.106. The number of rotatable bonds is 4. The van der Waals surface area contributed by atoms with Gasteiger partial charge in [-0.05, 0) is 68.1 Å². The molecule has 1 aliphatic rings. The summed E-state index contributed by atoms with van der Waals surface area (Å²) in [7, 11) is -3.79. The largest absolute Gasteiger partial charge is 0.339 e. The van der Waals surface area contributed by atoms with Crippen molar-refractivity contribution in [3.63, 3.8) is 0 Å². The van der Waals surface area contributed by atoms with E-state index in [9.17, 15) is 13.2 Å². The van der Waals surface area contributed by atoms with Crippen molar-refractivity contribution in [3.8, 4) is 0 Å². The Morgan fingerprint density at radius 2 is 1.69 bits per heavy atom. The van der Waals surface area contributed by atoms with E-state index >= 15 is 0 Å². The van der Waals surface area contributed by atoms with E-state index in [1.54, 1.807) is 35.2 Å². The van der Waals surface area contributed by atoms with Crippen molar-refractivity contribution in [2.45, 2.75) is 31.1 Å². The van der Waals surface area contributed by atoms with Crippen LogP contribution in [0.15, 0.2) is 47.4 Å². The molecule has 2 aromatic carbocycles. The normalized spacial score (nSPS) is 14.9. The Hall–Kier alpha value is -2.05. The number of amides is 1. The van der Waals surface area contributed by atoms with Gasteiger partial charge in [0.1, 0.15) is 0 Å². The predicted octanol–water partition coefficient (Wildman–Crippen LogP) is 4.08. The Morgan fingerprint density at radius 3 is 2.35 bits per heavy atom. The van der Waals surface area contributed by atoms with E-state index in [1.165, 1.54) is 12.1 Å². The summed E-state index contributed by atoms with van der Waals surface area (Å²) in [6.07, 6.45) is 3.10. The molecule has 0 atom stereocenters. The molecule has 2 aromatic rings. The molecule has 1 N–H and O–H groups in total. The first-order valence-corrected chi connectivity index (χ1v) is 10.4. The number of carbonyl (C=O) groups is 1. The number of carbonyl (C=O) groups excluding carboxylic acids is 1. The van der Waals surface area contributed by atoms with Crippen LogP contribution in [0.3, 0.4) is 0 Å². The molecule has 0 spiro atoms. The molecular weight excluding hydrogens is 372 g/mol. The van der Waals surface area contributed by atoms with Crippen LogP contribution in [0.5, 0.6) is 0 Å². The Kier molecular flexibility index (Phi) is 5.53. The third kappa shape index (κ3) is 4.19. The predicted molar refractivity (Wildman–Crippen MR) is 103 cm³/mol. The molecule has 0 unspecified atom stereocenters. The van der Waals surface area contributed by atoms with Crippen molar-refractivity contribution >= 4 is 33.2 Å². The van der Waals surface area contributed by atoms with Crippen molar-refractivity contribution in [2.75, 3.05) is 17.8 Å². The summed E-state index contributed by atoms with van der Waals surface area (Å²) in [6, 6.07) is 11.1. The van der Waals surface area contributed by atoms with Gasteiger partial charge in [0.2, 0.25) is 0 Å². The standard InChI is InChI=1S/C19H21ClN2O3S/c1-14-5-10-17(13-18(14)19(23)22-11-3-2-4-12-22)26(24,25)21-16-8-6-15(20)7-9-16/h5-10,13,21H,2-4,11-12H2,1H3. The lowest BCUT2D eigenvalue weighted by Gasteiger charge is -2.27. The molecule has 5 nitrogen and oxygen atoms in total. The third-order valence-electron chi connectivity index (χ3n) is 4.49. The maximum Gasteiger partial charge on any atom is 0.261 e. The first-order valence-electron chi connectivity index (χ1n) is 8.55. The van der Waals surface area contributed by atoms with Crippen LogP contribution in [0.2, 0.25) is 5.02 Å². The van der Waals surface area contributed by atoms with E-state index in [-0.39, 0.29) is 10.8 Å². The number of halogens is 1. The summed E-state index contributed by atoms with van der Waals surface area (Å²) >= 11 is 5.83. The molecule has 0 aromatic heterocycles. The van der Waals surface area contributed by atoms with Crippen molar-refractivity contribution in [2.24, 2.45) is 0 Å². The van der Waals surface area contributed by atoms with Crippen LogP contribution >= 0.6 is 11.6 Å². The van der Waals surface area contributed by atoms with Gasteiger partial charge in [0.25, 0.3) is 15.9 Å². The average Bonchev–Trinajstić information content (AvgIpc) is 2.64. The number of hydrogen-bond acceptors (Lipinski definition) is 3. The average molecular weight is 393 g/mol. The van der Waals surface area contributed by atoms with Crippen LogP contribution in [0.1, 0.15) is 35.2 Å². The number of hydrogen-bond donors (Lipinski definition) is 1. The van der Waals surface area contributed by atoms with Crippen LogP contribution < -0.4 is 4.72 Å². The third-order valence-corrected chi connectivity index (χ3v) is 6.12. The molecule has 26 heavy (non-hydrogen) atoms. The van der Waals surface area contributed by atoms with E-state index in [0.717, 1.165) is 37.9 Å². The van der Waals surface area contributed by atoms with Gasteiger partial charge < -0.3 is 4.90 Å². The molecule has 1 aliphatic heterocycles. The number of sulfonamides is 1. The molecule has 0 aliphatic carbocycles. The highest BCUT2D eigenvalue weighted by Gasteiger charge is 2.22. The smallest absolute Gasteiger partial charge is 0.261 e. The van der Waals surface area contributed by atoms with E-state index in [4.69, 9.17) is 11.6 Å². The van der Waals surface area contributed by atoms with E-state index in [1.807, 2.05) is 6.92 Å². The highest BCUT2D eigenvalue weighted by Crippen LogP contribution is 2.22. The molecule has 138 valence electrons. The topological polar surface area (TPSA) is 66.5 Å². The molecule has 7 heteroatoms. The van der Waals surface area contributed by atoms with Gasteiger partial charge in [0.15, 0.2) is 0 Å². The van der Waals surface area contributed by atoms with Crippen molar-refractivity contribution < 1.29 is 13.2 Å². The number of piperidine rings is 1. The minimum absolute atomic E-state index is 0.0680. The number of nitrogens with zero attached hydrogens (tertiary/aromatic N) is 1. The fourth-order valence-corrected chi connectivity index (χ4v) is 4.21. The monoisotopic (exact) mass is 392 g/mol. The zero-order valence-electron chi connectivity index (χ0n) is 14.5. The summed E-state index contributed by atoms with van der Waals surface area (Å²) in [5, 5.41) is 0.526. The Morgan fingerprint density at radius 1 is 1.04 bits per heavy atom. The maximum atomic E-state index is 12.8. The van der Waals surface area contributed by atoms with E-state index in [0.29, 0.717) is 16.3 Å². The van der Waals surface area contributed by atoms with Gasteiger partial charge >= 0.3 is 0 Å². The Balaban J connectivity index is 1.88. The van der Waals surface area contributed by atoms with Crippen molar-refractivity contribution in [1.29, 1.82) is 0 Å². The molecule has 0 radical (unpaired) electrons. The quantitative estimate of drug-likeness (QED) is 0.852. The van der Waals surface area contributed by atoms with Crippen LogP contribution in [0.25, 0.3) is 0 Å². The van der Waals surface area contributed by atoms with E-state index in [2.05, 4.69) is 4.72 Å². The van der Waals surface area contributed by atoms with Crippen LogP contribution in [-0.2, 0) is 10.0 Å². The van der Waals surface area contributed by atoms with Crippen molar-refractivity contribution in [1.82, 2.24) is 4.90 Å². The Bertz CT molecular complexity index is 905. The molecule has 0 bridgehead atoms. The number of benzene rings is 2. The second kappa shape index (κ2) is 7.68. The van der Waals surface area contributed by atoms with Gasteiger partial charge in [-0.1, -0.05) is 17.7 Å². The SMILES string of the molecule is Cc1ccc(S(=O)(=O)Nc2ccc(Cl)cc2)cc1C(=O)N1CCCCC1. The van der Waals surface area contributed by atoms with Gasteiger partial charge in [-0.3, -0.25) is 9.52 Å². The van der Waals surface area contributed by atoms with Crippen LogP contribution in [-0.4, -0.2) is 32.3 Å². The summed E-state index contributed by atoms with van der Waals surface area (Å²) in [4.78, 5) is 14.7. The maximum absolute atomic E-state index is 12.8. The molecule has 1 fully saturated rings. The zero-order chi connectivity index (χ0) is 18.7. The molecule has 3 rings (SSSR count). The second-order valence-corrected chi connectivity index (χ2v) is 8.56. The molecule has 1 heterocycles. The number of likely N-dealkylation sites (tertiary alicyclic amines) is 1. The van der Waals surface area contributed by atoms with Gasteiger partial charge in [-0.25, -0.2) is 8.42 Å². The van der Waals surface area contributed by atoms with Crippen LogP contribution in [0, 0.1) is 6.92 Å². The highest BCUT2D eigenvalue weighted by molar-refractivity contribution is 7.92. The minimum atomic E-state index is -3.79.